The highest BCUT2D eigenvalue weighted by Crippen LogP contribution is 2.33. The molecule has 0 radical (unpaired) electrons. The molecule has 2 aromatic carbocycles. The number of ether oxygens (including phenoxy) is 1. The van der Waals surface area contributed by atoms with E-state index >= 15 is 0 Å². The number of hydrogen-bond donors (Lipinski definition) is 2. The largest absolute Gasteiger partial charge is 0.496 e. The Morgan fingerprint density at radius 1 is 1.18 bits per heavy atom. The van der Waals surface area contributed by atoms with Crippen LogP contribution in [-0.4, -0.2) is 49.0 Å². The molecular weight excluding hydrogens is 426 g/mol. The summed E-state index contributed by atoms with van der Waals surface area (Å²) in [5, 5.41) is 11.0. The van der Waals surface area contributed by atoms with Crippen molar-refractivity contribution in [1.82, 2.24) is 20.4 Å². The van der Waals surface area contributed by atoms with E-state index in [4.69, 9.17) is 4.74 Å². The number of nitrogens with one attached hydrogen (secondary N) is 2. The SMILES string of the molecule is COc1ccc([C@@H](C)NC(=O)c2cc(N3CC4CNCC4C3)ccc2C)cc1-c1cnn(C)c1. The lowest BCUT2D eigenvalue weighted by atomic mass is 10.00. The molecule has 1 aromatic heterocycles. The molecule has 0 saturated carbocycles. The van der Waals surface area contributed by atoms with E-state index in [9.17, 15) is 4.79 Å². The average Bonchev–Trinajstić information content (AvgIpc) is 3.55. The molecule has 3 aromatic rings. The number of aromatic nitrogens is 2. The fourth-order valence-electron chi connectivity index (χ4n) is 5.26. The van der Waals surface area contributed by atoms with E-state index in [2.05, 4.69) is 44.9 Å². The molecule has 5 rings (SSSR count). The van der Waals surface area contributed by atoms with Gasteiger partial charge in [0.1, 0.15) is 5.75 Å². The third-order valence-electron chi connectivity index (χ3n) is 7.31. The van der Waals surface area contributed by atoms with Gasteiger partial charge >= 0.3 is 0 Å². The second-order valence-electron chi connectivity index (χ2n) is 9.64. The molecule has 178 valence electrons. The number of nitrogens with zero attached hydrogens (tertiary/aromatic N) is 3. The van der Waals surface area contributed by atoms with Gasteiger partial charge < -0.3 is 20.3 Å². The minimum Gasteiger partial charge on any atom is -0.496 e. The number of fused-ring (bicyclic) bond motifs is 1. The molecule has 2 N–H and O–H groups in total. The number of methoxy groups -OCH3 is 1. The zero-order valence-corrected chi connectivity index (χ0v) is 20.3. The van der Waals surface area contributed by atoms with Crippen LogP contribution in [0.1, 0.15) is 34.5 Å². The first-order valence-electron chi connectivity index (χ1n) is 12.0. The molecule has 0 aliphatic carbocycles. The predicted octanol–water partition coefficient (Wildman–Crippen LogP) is 3.55. The Morgan fingerprint density at radius 2 is 1.94 bits per heavy atom. The Kier molecular flexibility index (Phi) is 6.04. The first kappa shape index (κ1) is 22.5. The van der Waals surface area contributed by atoms with Crippen molar-refractivity contribution in [3.63, 3.8) is 0 Å². The maximum Gasteiger partial charge on any atom is 0.252 e. The summed E-state index contributed by atoms with van der Waals surface area (Å²) < 4.78 is 7.34. The lowest BCUT2D eigenvalue weighted by Gasteiger charge is -2.22. The van der Waals surface area contributed by atoms with E-state index in [-0.39, 0.29) is 11.9 Å². The molecule has 2 saturated heterocycles. The zero-order valence-electron chi connectivity index (χ0n) is 20.3. The molecule has 7 heteroatoms. The quantitative estimate of drug-likeness (QED) is 0.590. The summed E-state index contributed by atoms with van der Waals surface area (Å²) in [6.07, 6.45) is 3.78. The van der Waals surface area contributed by atoms with Crippen molar-refractivity contribution in [2.24, 2.45) is 18.9 Å². The maximum atomic E-state index is 13.3. The standard InChI is InChI=1S/C27H33N5O2/c1-17-5-7-23(32-15-20-11-28-12-21(20)16-32)10-24(17)27(33)30-18(2)19-6-8-26(34-4)25(9-19)22-13-29-31(3)14-22/h5-10,13-14,18,20-21,28H,11-12,15-16H2,1-4H3,(H,30,33)/t18-,20?,21?/m1/s1. The van der Waals surface area contributed by atoms with Crippen LogP contribution in [0.4, 0.5) is 5.69 Å². The highest BCUT2D eigenvalue weighted by molar-refractivity contribution is 5.97. The second kappa shape index (κ2) is 9.14. The molecule has 3 atom stereocenters. The monoisotopic (exact) mass is 459 g/mol. The fraction of sp³-hybridized carbons (Fsp3) is 0.407. The minimum atomic E-state index is -0.158. The number of anilines is 1. The number of benzene rings is 2. The zero-order chi connectivity index (χ0) is 23.8. The van der Waals surface area contributed by atoms with Crippen molar-refractivity contribution in [3.8, 4) is 16.9 Å². The van der Waals surface area contributed by atoms with Crippen LogP contribution >= 0.6 is 0 Å². The van der Waals surface area contributed by atoms with E-state index in [1.54, 1.807) is 11.8 Å². The van der Waals surface area contributed by atoms with E-state index in [1.807, 2.05) is 45.4 Å². The summed E-state index contributed by atoms with van der Waals surface area (Å²) >= 11 is 0. The van der Waals surface area contributed by atoms with E-state index < -0.39 is 0 Å². The van der Waals surface area contributed by atoms with Gasteiger partial charge in [-0.2, -0.15) is 5.10 Å². The molecule has 0 bridgehead atoms. The second-order valence-corrected chi connectivity index (χ2v) is 9.64. The van der Waals surface area contributed by atoms with Gasteiger partial charge in [-0.1, -0.05) is 12.1 Å². The van der Waals surface area contributed by atoms with Crippen LogP contribution in [0, 0.1) is 18.8 Å². The Labute approximate surface area is 201 Å². The van der Waals surface area contributed by atoms with Gasteiger partial charge in [0.2, 0.25) is 0 Å². The Hall–Kier alpha value is -3.32. The van der Waals surface area contributed by atoms with Gasteiger partial charge in [0.05, 0.1) is 19.3 Å². The summed E-state index contributed by atoms with van der Waals surface area (Å²) in [6.45, 7) is 8.32. The molecular formula is C27H33N5O2. The first-order valence-corrected chi connectivity index (χ1v) is 12.0. The molecule has 2 unspecified atom stereocenters. The first-order chi connectivity index (χ1) is 16.4. The minimum absolute atomic E-state index is 0.0494. The van der Waals surface area contributed by atoms with E-state index in [1.165, 1.54) is 0 Å². The van der Waals surface area contributed by atoms with E-state index in [0.29, 0.717) is 11.8 Å². The molecule has 2 aliphatic heterocycles. The van der Waals surface area contributed by atoms with Crippen molar-refractivity contribution in [2.45, 2.75) is 19.9 Å². The van der Waals surface area contributed by atoms with Gasteiger partial charge in [-0.25, -0.2) is 0 Å². The van der Waals surface area contributed by atoms with Crippen LogP contribution in [0.2, 0.25) is 0 Å². The van der Waals surface area contributed by atoms with Crippen LogP contribution in [0.5, 0.6) is 5.75 Å². The van der Waals surface area contributed by atoms with Crippen molar-refractivity contribution < 1.29 is 9.53 Å². The van der Waals surface area contributed by atoms with Crippen LogP contribution in [-0.2, 0) is 7.05 Å². The topological polar surface area (TPSA) is 71.4 Å². The van der Waals surface area contributed by atoms with Crippen LogP contribution < -0.4 is 20.3 Å². The summed E-state index contributed by atoms with van der Waals surface area (Å²) in [4.78, 5) is 15.7. The number of amides is 1. The number of carbonyl (C=O) groups excluding carboxylic acids is 1. The summed E-state index contributed by atoms with van der Waals surface area (Å²) in [5.41, 5.74) is 5.82. The molecule has 3 heterocycles. The molecule has 0 spiro atoms. The van der Waals surface area contributed by atoms with Gasteiger partial charge in [0.25, 0.3) is 5.91 Å². The molecule has 2 fully saturated rings. The summed E-state index contributed by atoms with van der Waals surface area (Å²) in [6, 6.07) is 12.1. The highest BCUT2D eigenvalue weighted by Gasteiger charge is 2.36. The highest BCUT2D eigenvalue weighted by atomic mass is 16.5. The van der Waals surface area contributed by atoms with Gasteiger partial charge in [0.15, 0.2) is 0 Å². The molecule has 34 heavy (non-hydrogen) atoms. The predicted molar refractivity (Wildman–Crippen MR) is 134 cm³/mol. The van der Waals surface area contributed by atoms with Gasteiger partial charge in [-0.3, -0.25) is 9.48 Å². The fourth-order valence-corrected chi connectivity index (χ4v) is 5.26. The molecule has 1 amide bonds. The molecule has 7 nitrogen and oxygen atoms in total. The summed E-state index contributed by atoms with van der Waals surface area (Å²) in [7, 11) is 3.56. The molecule has 2 aliphatic rings. The Morgan fingerprint density at radius 3 is 2.62 bits per heavy atom. The van der Waals surface area contributed by atoms with Crippen molar-refractivity contribution in [3.05, 3.63) is 65.5 Å². The number of carbonyl (C=O) groups is 1. The Balaban J connectivity index is 1.34. The normalized spacial score (nSPS) is 20.3. The Bertz CT molecular complexity index is 1190. The third kappa shape index (κ3) is 4.28. The van der Waals surface area contributed by atoms with Gasteiger partial charge in [-0.15, -0.1) is 0 Å². The number of rotatable bonds is 6. The van der Waals surface area contributed by atoms with Gasteiger partial charge in [0, 0.05) is 61.8 Å². The lowest BCUT2D eigenvalue weighted by Crippen LogP contribution is -2.28. The van der Waals surface area contributed by atoms with Crippen molar-refractivity contribution in [1.29, 1.82) is 0 Å². The third-order valence-corrected chi connectivity index (χ3v) is 7.31. The van der Waals surface area contributed by atoms with Crippen LogP contribution in [0.3, 0.4) is 0 Å². The van der Waals surface area contributed by atoms with Crippen molar-refractivity contribution >= 4 is 11.6 Å². The summed E-state index contributed by atoms with van der Waals surface area (Å²) in [5.74, 6) is 2.15. The van der Waals surface area contributed by atoms with Gasteiger partial charge in [-0.05, 0) is 61.1 Å². The number of aryl methyl sites for hydroxylation is 2. The lowest BCUT2D eigenvalue weighted by molar-refractivity contribution is 0.0939. The van der Waals surface area contributed by atoms with E-state index in [0.717, 1.165) is 65.4 Å². The smallest absolute Gasteiger partial charge is 0.252 e. The average molecular weight is 460 g/mol. The van der Waals surface area contributed by atoms with Crippen LogP contribution in [0.25, 0.3) is 11.1 Å². The van der Waals surface area contributed by atoms with Crippen molar-refractivity contribution in [2.75, 3.05) is 38.2 Å². The number of hydrogen-bond acceptors (Lipinski definition) is 5. The van der Waals surface area contributed by atoms with Crippen LogP contribution in [0.15, 0.2) is 48.8 Å². The maximum absolute atomic E-state index is 13.3.